The van der Waals surface area contributed by atoms with Crippen molar-refractivity contribution in [3.63, 3.8) is 0 Å². The molecule has 6 heteroatoms. The molecule has 2 aromatic rings. The lowest BCUT2D eigenvalue weighted by Gasteiger charge is -2.07. The molecule has 2 N–H and O–H groups in total. The SMILES string of the molecule is Cc1nc(C)c(C(=O)NCCc2ccccc2C(=O)O)s1. The van der Waals surface area contributed by atoms with Gasteiger partial charge in [0.15, 0.2) is 0 Å². The zero-order chi connectivity index (χ0) is 15.4. The van der Waals surface area contributed by atoms with E-state index in [0.29, 0.717) is 23.4 Å². The first-order valence-corrected chi connectivity index (χ1v) is 7.34. The molecule has 0 saturated carbocycles. The Morgan fingerprint density at radius 2 is 2.00 bits per heavy atom. The van der Waals surface area contributed by atoms with E-state index in [4.69, 9.17) is 5.11 Å². The lowest BCUT2D eigenvalue weighted by atomic mass is 10.0. The van der Waals surface area contributed by atoms with Crippen molar-refractivity contribution in [2.24, 2.45) is 0 Å². The number of thiazole rings is 1. The van der Waals surface area contributed by atoms with Gasteiger partial charge in [-0.1, -0.05) is 18.2 Å². The first-order chi connectivity index (χ1) is 9.99. The van der Waals surface area contributed by atoms with Gasteiger partial charge in [-0.2, -0.15) is 0 Å². The van der Waals surface area contributed by atoms with Crippen LogP contribution in [0.25, 0.3) is 0 Å². The molecular weight excluding hydrogens is 288 g/mol. The van der Waals surface area contributed by atoms with Crippen LogP contribution in [0.4, 0.5) is 0 Å². The van der Waals surface area contributed by atoms with Crippen LogP contribution in [0.3, 0.4) is 0 Å². The maximum absolute atomic E-state index is 12.0. The van der Waals surface area contributed by atoms with Gasteiger partial charge in [0.25, 0.3) is 5.91 Å². The number of carbonyl (C=O) groups excluding carboxylic acids is 1. The maximum Gasteiger partial charge on any atom is 0.335 e. The lowest BCUT2D eigenvalue weighted by Crippen LogP contribution is -2.26. The minimum absolute atomic E-state index is 0.161. The Labute approximate surface area is 126 Å². The van der Waals surface area contributed by atoms with Crippen molar-refractivity contribution in [3.8, 4) is 0 Å². The fraction of sp³-hybridized carbons (Fsp3) is 0.267. The molecule has 0 fully saturated rings. The summed E-state index contributed by atoms with van der Waals surface area (Å²) in [6, 6.07) is 6.81. The zero-order valence-electron chi connectivity index (χ0n) is 11.8. The van der Waals surface area contributed by atoms with Crippen molar-refractivity contribution in [2.45, 2.75) is 20.3 Å². The number of benzene rings is 1. The summed E-state index contributed by atoms with van der Waals surface area (Å²) in [6.07, 6.45) is 0.477. The van der Waals surface area contributed by atoms with Crippen LogP contribution in [-0.4, -0.2) is 28.5 Å². The molecule has 1 amide bonds. The van der Waals surface area contributed by atoms with Gasteiger partial charge in [0.05, 0.1) is 16.3 Å². The summed E-state index contributed by atoms with van der Waals surface area (Å²) in [5, 5.41) is 12.8. The van der Waals surface area contributed by atoms with Crippen LogP contribution in [0.2, 0.25) is 0 Å². The second-order valence-corrected chi connectivity index (χ2v) is 5.82. The van der Waals surface area contributed by atoms with E-state index in [9.17, 15) is 9.59 Å². The largest absolute Gasteiger partial charge is 0.478 e. The minimum Gasteiger partial charge on any atom is -0.478 e. The molecule has 0 atom stereocenters. The number of nitrogens with one attached hydrogen (secondary N) is 1. The molecule has 1 heterocycles. The highest BCUT2D eigenvalue weighted by Crippen LogP contribution is 2.16. The van der Waals surface area contributed by atoms with E-state index >= 15 is 0 Å². The van der Waals surface area contributed by atoms with E-state index < -0.39 is 5.97 Å². The number of aromatic nitrogens is 1. The molecular formula is C15H16N2O3S. The summed E-state index contributed by atoms with van der Waals surface area (Å²) in [4.78, 5) is 28.0. The van der Waals surface area contributed by atoms with Gasteiger partial charge in [-0.05, 0) is 31.9 Å². The summed E-state index contributed by atoms with van der Waals surface area (Å²) in [6.45, 7) is 4.05. The van der Waals surface area contributed by atoms with Crippen LogP contribution >= 0.6 is 11.3 Å². The standard InChI is InChI=1S/C15H16N2O3S/c1-9-13(21-10(2)17-9)14(18)16-8-7-11-5-3-4-6-12(11)15(19)20/h3-6H,7-8H2,1-2H3,(H,16,18)(H,19,20). The topological polar surface area (TPSA) is 79.3 Å². The predicted octanol–water partition coefficient (Wildman–Crippen LogP) is 2.43. The van der Waals surface area contributed by atoms with Crippen molar-refractivity contribution in [3.05, 3.63) is 51.0 Å². The van der Waals surface area contributed by atoms with E-state index in [1.807, 2.05) is 6.92 Å². The van der Waals surface area contributed by atoms with Crippen molar-refractivity contribution in [1.29, 1.82) is 0 Å². The molecule has 0 spiro atoms. The Morgan fingerprint density at radius 3 is 2.62 bits per heavy atom. The second-order valence-electron chi connectivity index (χ2n) is 4.62. The quantitative estimate of drug-likeness (QED) is 0.889. The van der Waals surface area contributed by atoms with E-state index in [0.717, 1.165) is 10.7 Å². The predicted molar refractivity (Wildman–Crippen MR) is 81.0 cm³/mol. The van der Waals surface area contributed by atoms with Gasteiger partial charge in [0.1, 0.15) is 4.88 Å². The maximum atomic E-state index is 12.0. The average Bonchev–Trinajstić information content (AvgIpc) is 2.78. The molecule has 0 bridgehead atoms. The first kappa shape index (κ1) is 15.2. The van der Waals surface area contributed by atoms with Crippen LogP contribution in [-0.2, 0) is 6.42 Å². The number of hydrogen-bond donors (Lipinski definition) is 2. The molecule has 0 radical (unpaired) electrons. The van der Waals surface area contributed by atoms with E-state index in [2.05, 4.69) is 10.3 Å². The van der Waals surface area contributed by atoms with Gasteiger partial charge in [-0.3, -0.25) is 4.79 Å². The Hall–Kier alpha value is -2.21. The monoisotopic (exact) mass is 304 g/mol. The van der Waals surface area contributed by atoms with Crippen LogP contribution < -0.4 is 5.32 Å². The van der Waals surface area contributed by atoms with Crippen LogP contribution in [0, 0.1) is 13.8 Å². The third-order valence-corrected chi connectivity index (χ3v) is 4.11. The number of nitrogens with zero attached hydrogens (tertiary/aromatic N) is 1. The highest BCUT2D eigenvalue weighted by Gasteiger charge is 2.14. The summed E-state index contributed by atoms with van der Waals surface area (Å²) in [7, 11) is 0. The van der Waals surface area contributed by atoms with Gasteiger partial charge in [-0.15, -0.1) is 11.3 Å². The van der Waals surface area contributed by atoms with E-state index in [-0.39, 0.29) is 11.5 Å². The fourth-order valence-electron chi connectivity index (χ4n) is 2.08. The number of aromatic carboxylic acids is 1. The van der Waals surface area contributed by atoms with Gasteiger partial charge in [-0.25, -0.2) is 9.78 Å². The van der Waals surface area contributed by atoms with E-state index in [1.165, 1.54) is 11.3 Å². The van der Waals surface area contributed by atoms with Crippen molar-refractivity contribution in [2.75, 3.05) is 6.54 Å². The molecule has 5 nitrogen and oxygen atoms in total. The molecule has 0 saturated heterocycles. The molecule has 2 rings (SSSR count). The molecule has 0 aliphatic carbocycles. The Bertz CT molecular complexity index is 679. The van der Waals surface area contributed by atoms with Crippen LogP contribution in [0.15, 0.2) is 24.3 Å². The summed E-state index contributed by atoms with van der Waals surface area (Å²) in [5.41, 5.74) is 1.71. The van der Waals surface area contributed by atoms with Gasteiger partial charge in [0, 0.05) is 6.54 Å². The van der Waals surface area contributed by atoms with Gasteiger partial charge >= 0.3 is 5.97 Å². The molecule has 1 aromatic carbocycles. The fourth-order valence-corrected chi connectivity index (χ4v) is 2.92. The Kier molecular flexibility index (Phi) is 4.70. The molecule has 0 aliphatic rings. The third kappa shape index (κ3) is 3.66. The highest BCUT2D eigenvalue weighted by molar-refractivity contribution is 7.13. The number of hydrogen-bond acceptors (Lipinski definition) is 4. The minimum atomic E-state index is -0.953. The number of carboxylic acids is 1. The smallest absolute Gasteiger partial charge is 0.335 e. The van der Waals surface area contributed by atoms with Crippen molar-refractivity contribution in [1.82, 2.24) is 10.3 Å². The lowest BCUT2D eigenvalue weighted by molar-refractivity contribution is 0.0695. The second kappa shape index (κ2) is 6.49. The number of amides is 1. The molecule has 1 aromatic heterocycles. The van der Waals surface area contributed by atoms with Crippen LogP contribution in [0.5, 0.6) is 0 Å². The Morgan fingerprint density at radius 1 is 1.29 bits per heavy atom. The van der Waals surface area contributed by atoms with Gasteiger partial charge in [0.2, 0.25) is 0 Å². The normalized spacial score (nSPS) is 10.4. The third-order valence-electron chi connectivity index (χ3n) is 3.04. The van der Waals surface area contributed by atoms with Crippen molar-refractivity contribution < 1.29 is 14.7 Å². The number of carbonyl (C=O) groups is 2. The molecule has 110 valence electrons. The number of aryl methyl sites for hydroxylation is 2. The molecule has 21 heavy (non-hydrogen) atoms. The zero-order valence-corrected chi connectivity index (χ0v) is 12.7. The number of rotatable bonds is 5. The first-order valence-electron chi connectivity index (χ1n) is 6.52. The molecule has 0 aliphatic heterocycles. The molecule has 0 unspecified atom stereocenters. The summed E-state index contributed by atoms with van der Waals surface area (Å²) in [5.74, 6) is -1.11. The Balaban J connectivity index is 1.97. The highest BCUT2D eigenvalue weighted by atomic mass is 32.1. The summed E-state index contributed by atoms with van der Waals surface area (Å²) >= 11 is 1.36. The average molecular weight is 304 g/mol. The summed E-state index contributed by atoms with van der Waals surface area (Å²) < 4.78 is 0. The van der Waals surface area contributed by atoms with Crippen molar-refractivity contribution >= 4 is 23.2 Å². The number of carboxylic acid groups (broad SMARTS) is 1. The van der Waals surface area contributed by atoms with Crippen LogP contribution in [0.1, 0.15) is 36.3 Å². The van der Waals surface area contributed by atoms with Gasteiger partial charge < -0.3 is 10.4 Å². The van der Waals surface area contributed by atoms with E-state index in [1.54, 1.807) is 31.2 Å².